The van der Waals surface area contributed by atoms with Gasteiger partial charge in [-0.15, -0.1) is 0 Å². The lowest BCUT2D eigenvalue weighted by atomic mass is 10.2. The Kier molecular flexibility index (Phi) is 3.93. The maximum atomic E-state index is 12.2. The molecule has 0 saturated carbocycles. The number of aryl methyl sites for hydroxylation is 1. The molecule has 1 atom stereocenters. The van der Waals surface area contributed by atoms with Gasteiger partial charge in [0.25, 0.3) is 0 Å². The lowest BCUT2D eigenvalue weighted by Gasteiger charge is -2.10. The van der Waals surface area contributed by atoms with Gasteiger partial charge >= 0.3 is 0 Å². The van der Waals surface area contributed by atoms with Crippen molar-refractivity contribution in [2.24, 2.45) is 0 Å². The number of rotatable bonds is 5. The van der Waals surface area contributed by atoms with Crippen molar-refractivity contribution in [2.75, 3.05) is 0 Å². The Bertz CT molecular complexity index is 968. The quantitative estimate of drug-likeness (QED) is 0.585. The van der Waals surface area contributed by atoms with E-state index in [0.717, 1.165) is 33.6 Å². The van der Waals surface area contributed by atoms with E-state index >= 15 is 0 Å². The summed E-state index contributed by atoms with van der Waals surface area (Å²) in [6.45, 7) is 1.91. The molecule has 0 radical (unpaired) electrons. The zero-order valence-electron chi connectivity index (χ0n) is 13.8. The Labute approximate surface area is 144 Å². The number of fused-ring (bicyclic) bond motifs is 2. The summed E-state index contributed by atoms with van der Waals surface area (Å²) >= 11 is 0. The second-order valence-electron chi connectivity index (χ2n) is 6.05. The number of nitrogens with zero attached hydrogens (tertiary/aromatic N) is 2. The summed E-state index contributed by atoms with van der Waals surface area (Å²) in [6, 6.07) is 11.4. The first-order chi connectivity index (χ1) is 12.2. The highest BCUT2D eigenvalue weighted by molar-refractivity contribution is 5.79. The molecular weight excluding hydrogens is 316 g/mol. The van der Waals surface area contributed by atoms with Crippen LogP contribution in [0.2, 0.25) is 0 Å². The predicted octanol–water partition coefficient (Wildman–Crippen LogP) is 3.51. The van der Waals surface area contributed by atoms with Crippen molar-refractivity contribution in [3.63, 3.8) is 0 Å². The molecule has 4 rings (SSSR count). The first-order valence-corrected chi connectivity index (χ1v) is 8.25. The third-order valence-electron chi connectivity index (χ3n) is 4.17. The lowest BCUT2D eigenvalue weighted by Crippen LogP contribution is -2.26. The summed E-state index contributed by atoms with van der Waals surface area (Å²) in [7, 11) is 0. The third-order valence-corrected chi connectivity index (χ3v) is 4.17. The predicted molar refractivity (Wildman–Crippen MR) is 95.0 cm³/mol. The number of nitrogens with one attached hydrogen (secondary N) is 2. The lowest BCUT2D eigenvalue weighted by molar-refractivity contribution is -0.121. The molecule has 0 saturated heterocycles. The van der Waals surface area contributed by atoms with Gasteiger partial charge in [-0.3, -0.25) is 9.78 Å². The molecule has 2 N–H and O–H groups in total. The van der Waals surface area contributed by atoms with Crippen LogP contribution in [0.1, 0.15) is 31.0 Å². The Morgan fingerprint density at radius 1 is 1.32 bits per heavy atom. The van der Waals surface area contributed by atoms with Gasteiger partial charge in [-0.1, -0.05) is 12.1 Å². The van der Waals surface area contributed by atoms with E-state index in [2.05, 4.69) is 20.3 Å². The molecule has 25 heavy (non-hydrogen) atoms. The van der Waals surface area contributed by atoms with Crippen LogP contribution in [0.3, 0.4) is 0 Å². The summed E-state index contributed by atoms with van der Waals surface area (Å²) < 4.78 is 5.76. The summed E-state index contributed by atoms with van der Waals surface area (Å²) in [5.41, 5.74) is 2.68. The van der Waals surface area contributed by atoms with Crippen LogP contribution in [0.15, 0.2) is 53.2 Å². The summed E-state index contributed by atoms with van der Waals surface area (Å²) in [5, 5.41) is 3.90. The Morgan fingerprint density at radius 2 is 2.20 bits per heavy atom. The summed E-state index contributed by atoms with van der Waals surface area (Å²) in [5.74, 6) is 1.51. The Morgan fingerprint density at radius 3 is 3.04 bits per heavy atom. The molecule has 1 amide bonds. The molecule has 6 heteroatoms. The number of hydrogen-bond donors (Lipinski definition) is 2. The van der Waals surface area contributed by atoms with Crippen molar-refractivity contribution in [1.29, 1.82) is 0 Å². The first-order valence-electron chi connectivity index (χ1n) is 8.25. The van der Waals surface area contributed by atoms with E-state index in [9.17, 15) is 4.79 Å². The fourth-order valence-electron chi connectivity index (χ4n) is 2.86. The fourth-order valence-corrected chi connectivity index (χ4v) is 2.86. The van der Waals surface area contributed by atoms with Gasteiger partial charge in [-0.25, -0.2) is 4.98 Å². The number of para-hydroxylation sites is 2. The Hall–Kier alpha value is -3.15. The van der Waals surface area contributed by atoms with Crippen molar-refractivity contribution in [1.82, 2.24) is 20.3 Å². The summed E-state index contributed by atoms with van der Waals surface area (Å²) in [6.07, 6.45) is 4.37. The van der Waals surface area contributed by atoms with Gasteiger partial charge in [-0.05, 0) is 31.2 Å². The molecule has 0 bridgehead atoms. The molecule has 1 unspecified atom stereocenters. The molecule has 6 nitrogen and oxygen atoms in total. The number of carbonyl (C=O) groups is 1. The zero-order valence-corrected chi connectivity index (χ0v) is 13.8. The van der Waals surface area contributed by atoms with E-state index in [-0.39, 0.29) is 11.9 Å². The van der Waals surface area contributed by atoms with Crippen LogP contribution in [0, 0.1) is 0 Å². The number of furan rings is 1. The van der Waals surface area contributed by atoms with Gasteiger partial charge in [0.1, 0.15) is 17.2 Å². The highest BCUT2D eigenvalue weighted by Crippen LogP contribution is 2.23. The number of pyridine rings is 1. The number of H-pyrrole nitrogens is 1. The molecule has 0 aliphatic heterocycles. The molecule has 3 heterocycles. The zero-order chi connectivity index (χ0) is 17.2. The number of aromatic amines is 1. The van der Waals surface area contributed by atoms with Gasteiger partial charge in [-0.2, -0.15) is 0 Å². The van der Waals surface area contributed by atoms with E-state index in [1.54, 1.807) is 12.4 Å². The van der Waals surface area contributed by atoms with Gasteiger partial charge in [0.05, 0.1) is 17.1 Å². The SMILES string of the molecule is CC(NC(=O)CCc1nc2ccccc2[nH]1)c1cc2cnccc2o1. The smallest absolute Gasteiger partial charge is 0.221 e. The molecular formula is C19H18N4O2. The average Bonchev–Trinajstić information content (AvgIpc) is 3.23. The highest BCUT2D eigenvalue weighted by atomic mass is 16.3. The number of carbonyl (C=O) groups excluding carboxylic acids is 1. The number of aromatic nitrogens is 3. The molecule has 126 valence electrons. The monoisotopic (exact) mass is 334 g/mol. The molecule has 0 aliphatic rings. The van der Waals surface area contributed by atoms with E-state index in [4.69, 9.17) is 4.42 Å². The maximum Gasteiger partial charge on any atom is 0.221 e. The molecule has 3 aromatic heterocycles. The van der Waals surface area contributed by atoms with Crippen molar-refractivity contribution < 1.29 is 9.21 Å². The van der Waals surface area contributed by atoms with Crippen molar-refractivity contribution in [2.45, 2.75) is 25.8 Å². The standard InChI is InChI=1S/C19H18N4O2/c1-12(17-10-13-11-20-9-8-16(13)25-17)21-19(24)7-6-18-22-14-4-2-3-5-15(14)23-18/h2-5,8-12H,6-7H2,1H3,(H,21,24)(H,22,23). The Balaban J connectivity index is 1.37. The molecule has 4 aromatic rings. The average molecular weight is 334 g/mol. The normalized spacial score (nSPS) is 12.5. The fraction of sp³-hybridized carbons (Fsp3) is 0.211. The van der Waals surface area contributed by atoms with E-state index in [1.807, 2.05) is 43.3 Å². The first kappa shape index (κ1) is 15.4. The minimum Gasteiger partial charge on any atom is -0.459 e. The second kappa shape index (κ2) is 6.39. The van der Waals surface area contributed by atoms with Gasteiger partial charge in [0.15, 0.2) is 0 Å². The van der Waals surface area contributed by atoms with Gasteiger partial charge in [0, 0.05) is 30.6 Å². The van der Waals surface area contributed by atoms with Gasteiger partial charge < -0.3 is 14.7 Å². The van der Waals surface area contributed by atoms with Crippen molar-refractivity contribution in [3.05, 3.63) is 60.4 Å². The molecule has 0 spiro atoms. The highest BCUT2D eigenvalue weighted by Gasteiger charge is 2.14. The van der Waals surface area contributed by atoms with E-state index in [0.29, 0.717) is 12.8 Å². The van der Waals surface area contributed by atoms with Crippen molar-refractivity contribution in [3.8, 4) is 0 Å². The van der Waals surface area contributed by atoms with Crippen LogP contribution < -0.4 is 5.32 Å². The minimum atomic E-state index is -0.199. The maximum absolute atomic E-state index is 12.2. The van der Waals surface area contributed by atoms with Gasteiger partial charge in [0.2, 0.25) is 5.91 Å². The third kappa shape index (κ3) is 3.24. The largest absolute Gasteiger partial charge is 0.459 e. The van der Waals surface area contributed by atoms with Crippen LogP contribution >= 0.6 is 0 Å². The topological polar surface area (TPSA) is 83.8 Å². The van der Waals surface area contributed by atoms with Crippen LogP contribution in [0.25, 0.3) is 22.0 Å². The van der Waals surface area contributed by atoms with Crippen LogP contribution in [-0.4, -0.2) is 20.9 Å². The van der Waals surface area contributed by atoms with E-state index in [1.165, 1.54) is 0 Å². The molecule has 0 fully saturated rings. The number of amides is 1. The van der Waals surface area contributed by atoms with Crippen LogP contribution in [-0.2, 0) is 11.2 Å². The van der Waals surface area contributed by atoms with Crippen LogP contribution in [0.4, 0.5) is 0 Å². The van der Waals surface area contributed by atoms with E-state index < -0.39 is 0 Å². The van der Waals surface area contributed by atoms with Crippen molar-refractivity contribution >= 4 is 27.9 Å². The molecule has 0 aliphatic carbocycles. The number of hydrogen-bond acceptors (Lipinski definition) is 4. The number of imidazole rings is 1. The van der Waals surface area contributed by atoms with Crippen LogP contribution in [0.5, 0.6) is 0 Å². The molecule has 1 aromatic carbocycles. The minimum absolute atomic E-state index is 0.0356. The number of benzene rings is 1. The summed E-state index contributed by atoms with van der Waals surface area (Å²) in [4.78, 5) is 24.0. The second-order valence-corrected chi connectivity index (χ2v) is 6.05.